The maximum absolute atomic E-state index is 6.02. The molecule has 0 aliphatic carbocycles. The average molecular weight is 374 g/mol. The number of benzene rings is 4. The number of ether oxygens (including phenoxy) is 4. The van der Waals surface area contributed by atoms with Gasteiger partial charge in [0.15, 0.2) is 25.1 Å². The average Bonchev–Trinajstić information content (AvgIpc) is 2.75. The van der Waals surface area contributed by atoms with Gasteiger partial charge in [-0.3, -0.25) is 0 Å². The Balaban J connectivity index is 2.06. The second kappa shape index (κ2) is 8.30. The fourth-order valence-corrected chi connectivity index (χ4v) is 3.50. The largest absolute Gasteiger partial charge is 0.464 e. The van der Waals surface area contributed by atoms with E-state index in [0.29, 0.717) is 11.5 Å². The Morgan fingerprint density at radius 2 is 1.29 bits per heavy atom. The highest BCUT2D eigenvalue weighted by molar-refractivity contribution is 6.08. The van der Waals surface area contributed by atoms with Gasteiger partial charge < -0.3 is 18.9 Å². The lowest BCUT2D eigenvalue weighted by Crippen LogP contribution is -2.06. The zero-order valence-electron chi connectivity index (χ0n) is 16.0. The summed E-state index contributed by atoms with van der Waals surface area (Å²) in [7, 11) is 3.21. The molecular weight excluding hydrogens is 352 g/mol. The van der Waals surface area contributed by atoms with Crippen LogP contribution in [0, 0.1) is 0 Å². The van der Waals surface area contributed by atoms with E-state index >= 15 is 0 Å². The molecule has 4 rings (SSSR count). The van der Waals surface area contributed by atoms with Gasteiger partial charge >= 0.3 is 0 Å². The second-order valence-corrected chi connectivity index (χ2v) is 6.43. The van der Waals surface area contributed by atoms with Gasteiger partial charge in [0.2, 0.25) is 0 Å². The van der Waals surface area contributed by atoms with E-state index in [4.69, 9.17) is 18.9 Å². The standard InChI is InChI=1S/C24H22O4/c1-25-15-27-22-14-18-9-4-6-12-20(18)23(24(22)28-16-26-2)21-13-7-10-17-8-3-5-11-19(17)21/h3-14H,15-16H2,1-2H3. The van der Waals surface area contributed by atoms with Crippen LogP contribution in [0.2, 0.25) is 0 Å². The summed E-state index contributed by atoms with van der Waals surface area (Å²) in [6.45, 7) is 0.260. The van der Waals surface area contributed by atoms with E-state index in [0.717, 1.165) is 27.3 Å². The highest BCUT2D eigenvalue weighted by atomic mass is 16.7. The van der Waals surface area contributed by atoms with E-state index in [1.807, 2.05) is 24.3 Å². The van der Waals surface area contributed by atoms with Crippen molar-refractivity contribution in [2.45, 2.75) is 0 Å². The summed E-state index contributed by atoms with van der Waals surface area (Å²) in [5, 5.41) is 4.49. The van der Waals surface area contributed by atoms with Crippen molar-refractivity contribution in [2.75, 3.05) is 27.8 Å². The number of methoxy groups -OCH3 is 2. The van der Waals surface area contributed by atoms with Gasteiger partial charge in [0.05, 0.1) is 0 Å². The van der Waals surface area contributed by atoms with Gasteiger partial charge in [-0.15, -0.1) is 0 Å². The number of hydrogen-bond donors (Lipinski definition) is 0. The van der Waals surface area contributed by atoms with Gasteiger partial charge in [0.1, 0.15) is 0 Å². The highest BCUT2D eigenvalue weighted by Crippen LogP contribution is 2.46. The molecule has 0 heterocycles. The van der Waals surface area contributed by atoms with E-state index in [1.54, 1.807) is 14.2 Å². The quantitative estimate of drug-likeness (QED) is 0.393. The lowest BCUT2D eigenvalue weighted by Gasteiger charge is -2.19. The Morgan fingerprint density at radius 3 is 2.07 bits per heavy atom. The highest BCUT2D eigenvalue weighted by Gasteiger charge is 2.19. The van der Waals surface area contributed by atoms with Gasteiger partial charge in [-0.2, -0.15) is 0 Å². The van der Waals surface area contributed by atoms with Crippen molar-refractivity contribution in [3.05, 3.63) is 72.8 Å². The van der Waals surface area contributed by atoms with Crippen molar-refractivity contribution < 1.29 is 18.9 Å². The summed E-state index contributed by atoms with van der Waals surface area (Å²) < 4.78 is 22.2. The third-order valence-electron chi connectivity index (χ3n) is 4.68. The fraction of sp³-hybridized carbons (Fsp3) is 0.167. The van der Waals surface area contributed by atoms with Crippen molar-refractivity contribution in [3.63, 3.8) is 0 Å². The fourth-order valence-electron chi connectivity index (χ4n) is 3.50. The molecule has 0 unspecified atom stereocenters. The molecule has 0 saturated heterocycles. The van der Waals surface area contributed by atoms with Gasteiger partial charge in [-0.1, -0.05) is 66.7 Å². The molecule has 4 heteroatoms. The molecule has 0 aliphatic heterocycles. The third-order valence-corrected chi connectivity index (χ3v) is 4.68. The van der Waals surface area contributed by atoms with Crippen LogP contribution in [-0.2, 0) is 9.47 Å². The molecule has 0 N–H and O–H groups in total. The molecule has 0 saturated carbocycles. The molecule has 0 bridgehead atoms. The van der Waals surface area contributed by atoms with Crippen molar-refractivity contribution >= 4 is 21.5 Å². The third kappa shape index (κ3) is 3.40. The van der Waals surface area contributed by atoms with Gasteiger partial charge in [-0.05, 0) is 33.2 Å². The van der Waals surface area contributed by atoms with Gasteiger partial charge in [0.25, 0.3) is 0 Å². The molecule has 4 nitrogen and oxygen atoms in total. The predicted molar refractivity (Wildman–Crippen MR) is 112 cm³/mol. The summed E-state index contributed by atoms with van der Waals surface area (Å²) in [5.41, 5.74) is 2.07. The van der Waals surface area contributed by atoms with E-state index < -0.39 is 0 Å². The lowest BCUT2D eigenvalue weighted by molar-refractivity contribution is 0.0328. The van der Waals surface area contributed by atoms with Crippen LogP contribution >= 0.6 is 0 Å². The first-order valence-electron chi connectivity index (χ1n) is 9.11. The number of fused-ring (bicyclic) bond motifs is 2. The molecular formula is C24H22O4. The van der Waals surface area contributed by atoms with Crippen LogP contribution in [0.5, 0.6) is 11.5 Å². The smallest absolute Gasteiger partial charge is 0.188 e. The van der Waals surface area contributed by atoms with Crippen molar-refractivity contribution in [3.8, 4) is 22.6 Å². The van der Waals surface area contributed by atoms with Crippen LogP contribution in [0.25, 0.3) is 32.7 Å². The summed E-state index contributed by atoms with van der Waals surface area (Å²) in [6, 6.07) is 24.8. The van der Waals surface area contributed by atoms with E-state index in [9.17, 15) is 0 Å². The summed E-state index contributed by atoms with van der Waals surface area (Å²) in [6.07, 6.45) is 0. The van der Waals surface area contributed by atoms with E-state index in [2.05, 4.69) is 48.5 Å². The van der Waals surface area contributed by atoms with E-state index in [-0.39, 0.29) is 13.6 Å². The number of hydrogen-bond acceptors (Lipinski definition) is 4. The first-order valence-corrected chi connectivity index (χ1v) is 9.11. The maximum atomic E-state index is 6.02. The first kappa shape index (κ1) is 18.3. The Morgan fingerprint density at radius 1 is 0.643 bits per heavy atom. The molecule has 142 valence electrons. The molecule has 0 fully saturated rings. The Hall–Kier alpha value is -3.08. The first-order chi connectivity index (χ1) is 13.8. The minimum Gasteiger partial charge on any atom is -0.464 e. The van der Waals surface area contributed by atoms with Crippen molar-refractivity contribution in [1.29, 1.82) is 0 Å². The van der Waals surface area contributed by atoms with Crippen LogP contribution in [0.15, 0.2) is 72.8 Å². The molecule has 0 spiro atoms. The zero-order valence-corrected chi connectivity index (χ0v) is 16.0. The molecule has 28 heavy (non-hydrogen) atoms. The van der Waals surface area contributed by atoms with Crippen molar-refractivity contribution in [2.24, 2.45) is 0 Å². The minimum atomic E-state index is 0.124. The minimum absolute atomic E-state index is 0.124. The number of rotatable bonds is 7. The SMILES string of the molecule is COCOc1cc2ccccc2c(-c2cccc3ccccc23)c1OCOC. The van der Waals surface area contributed by atoms with Gasteiger partial charge in [0, 0.05) is 19.8 Å². The summed E-state index contributed by atoms with van der Waals surface area (Å²) in [5.74, 6) is 1.27. The topological polar surface area (TPSA) is 36.9 Å². The Labute approximate surface area is 164 Å². The monoisotopic (exact) mass is 374 g/mol. The molecule has 0 radical (unpaired) electrons. The Bertz CT molecular complexity index is 1100. The molecule has 0 aromatic heterocycles. The Kier molecular flexibility index (Phi) is 5.42. The lowest BCUT2D eigenvalue weighted by atomic mass is 9.92. The maximum Gasteiger partial charge on any atom is 0.188 e. The summed E-state index contributed by atoms with van der Waals surface area (Å²) >= 11 is 0. The molecule has 0 aliphatic rings. The second-order valence-electron chi connectivity index (χ2n) is 6.43. The summed E-state index contributed by atoms with van der Waals surface area (Å²) in [4.78, 5) is 0. The van der Waals surface area contributed by atoms with Crippen LogP contribution in [0.1, 0.15) is 0 Å². The predicted octanol–water partition coefficient (Wildman–Crippen LogP) is 5.63. The van der Waals surface area contributed by atoms with Gasteiger partial charge in [-0.25, -0.2) is 0 Å². The van der Waals surface area contributed by atoms with E-state index in [1.165, 1.54) is 5.39 Å². The van der Waals surface area contributed by atoms with Crippen LogP contribution in [0.3, 0.4) is 0 Å². The molecule has 4 aromatic rings. The normalized spacial score (nSPS) is 11.1. The molecule has 4 aromatic carbocycles. The van der Waals surface area contributed by atoms with Crippen molar-refractivity contribution in [1.82, 2.24) is 0 Å². The molecule has 0 atom stereocenters. The van der Waals surface area contributed by atoms with Crippen LogP contribution in [0.4, 0.5) is 0 Å². The zero-order chi connectivity index (χ0) is 19.3. The molecule has 0 amide bonds. The van der Waals surface area contributed by atoms with Crippen LogP contribution < -0.4 is 9.47 Å². The van der Waals surface area contributed by atoms with Crippen LogP contribution in [-0.4, -0.2) is 27.8 Å².